The van der Waals surface area contributed by atoms with E-state index in [9.17, 15) is 20.1 Å². The van der Waals surface area contributed by atoms with Crippen LogP contribution in [0.4, 0.5) is 0 Å². The van der Waals surface area contributed by atoms with Gasteiger partial charge in [0.25, 0.3) is 0 Å². The first-order chi connectivity index (χ1) is 25.0. The average molecular weight is 718 g/mol. The second kappa shape index (κ2) is 41.3. The van der Waals surface area contributed by atoms with Gasteiger partial charge >= 0.3 is 0 Å². The van der Waals surface area contributed by atoms with E-state index in [0.717, 1.165) is 44.9 Å². The largest absolute Gasteiger partial charge is 0.394 e. The molecule has 0 saturated heterocycles. The molecule has 3 unspecified atom stereocenters. The summed E-state index contributed by atoms with van der Waals surface area (Å²) in [5.74, 6) is -0.330. The highest BCUT2D eigenvalue weighted by molar-refractivity contribution is 5.76. The first-order valence-electron chi connectivity index (χ1n) is 22.3. The number of amides is 1. The number of hydrogen-bond donors (Lipinski definition) is 4. The third kappa shape index (κ3) is 38.1. The van der Waals surface area contributed by atoms with Crippen molar-refractivity contribution >= 4 is 5.91 Å². The van der Waals surface area contributed by atoms with Gasteiger partial charge in [0.2, 0.25) is 5.91 Å². The number of rotatable bonds is 40. The number of allylic oxidation sites excluding steroid dienone is 5. The highest BCUT2D eigenvalue weighted by Crippen LogP contribution is 2.15. The summed E-state index contributed by atoms with van der Waals surface area (Å²) in [4.78, 5) is 12.4. The Labute approximate surface area is 317 Å². The summed E-state index contributed by atoms with van der Waals surface area (Å²) in [6, 6.07) is -0.763. The molecule has 0 aromatic rings. The Kier molecular flexibility index (Phi) is 40.2. The molecule has 0 aromatic carbocycles. The maximum Gasteiger partial charge on any atom is 0.222 e. The van der Waals surface area contributed by atoms with Crippen molar-refractivity contribution in [1.82, 2.24) is 5.32 Å². The van der Waals surface area contributed by atoms with Crippen molar-refractivity contribution in [2.24, 2.45) is 0 Å². The summed E-state index contributed by atoms with van der Waals surface area (Å²) in [7, 11) is 0. The second-order valence-electron chi connectivity index (χ2n) is 15.3. The summed E-state index contributed by atoms with van der Waals surface area (Å²) >= 11 is 0. The van der Waals surface area contributed by atoms with Gasteiger partial charge in [-0.1, -0.05) is 198 Å². The molecule has 1 amide bonds. The molecule has 0 aliphatic rings. The fourth-order valence-corrected chi connectivity index (χ4v) is 6.70. The fraction of sp³-hybridized carbons (Fsp3) is 0.848. The fourth-order valence-electron chi connectivity index (χ4n) is 6.70. The Morgan fingerprint density at radius 3 is 1.25 bits per heavy atom. The van der Waals surface area contributed by atoms with E-state index >= 15 is 0 Å². The first kappa shape index (κ1) is 49.6. The SMILES string of the molecule is CCCCCCCCCC/C=C\CCCCCCCC(O)CC(=O)NC(CO)C(O)/C=C/CC/C=C/CCCCCCCCCCCCCCC. The minimum atomic E-state index is -0.953. The smallest absolute Gasteiger partial charge is 0.222 e. The average Bonchev–Trinajstić information content (AvgIpc) is 3.12. The molecule has 5 nitrogen and oxygen atoms in total. The van der Waals surface area contributed by atoms with Crippen LogP contribution in [0.25, 0.3) is 0 Å². The van der Waals surface area contributed by atoms with E-state index in [-0.39, 0.29) is 18.9 Å². The van der Waals surface area contributed by atoms with E-state index in [2.05, 4.69) is 43.5 Å². The molecule has 0 bridgehead atoms. The van der Waals surface area contributed by atoms with Crippen LogP contribution in [0.2, 0.25) is 0 Å². The lowest BCUT2D eigenvalue weighted by Gasteiger charge is -2.20. The molecule has 51 heavy (non-hydrogen) atoms. The van der Waals surface area contributed by atoms with Crippen LogP contribution in [-0.2, 0) is 4.79 Å². The summed E-state index contributed by atoms with van der Waals surface area (Å²) in [6.07, 6.45) is 51.4. The molecule has 0 radical (unpaired) electrons. The minimum absolute atomic E-state index is 0.000630. The van der Waals surface area contributed by atoms with E-state index < -0.39 is 18.2 Å². The number of carbonyl (C=O) groups is 1. The van der Waals surface area contributed by atoms with Crippen LogP contribution in [0.3, 0.4) is 0 Å². The van der Waals surface area contributed by atoms with Crippen molar-refractivity contribution in [1.29, 1.82) is 0 Å². The molecule has 0 fully saturated rings. The first-order valence-corrected chi connectivity index (χ1v) is 22.3. The predicted molar refractivity (Wildman–Crippen MR) is 222 cm³/mol. The highest BCUT2D eigenvalue weighted by Gasteiger charge is 2.20. The Morgan fingerprint density at radius 1 is 0.490 bits per heavy atom. The Hall–Kier alpha value is -1.43. The molecule has 0 saturated carbocycles. The molecule has 300 valence electrons. The van der Waals surface area contributed by atoms with Gasteiger partial charge in [0.05, 0.1) is 31.3 Å². The lowest BCUT2D eigenvalue weighted by Crippen LogP contribution is -2.45. The zero-order valence-corrected chi connectivity index (χ0v) is 34.0. The molecule has 0 aromatic heterocycles. The van der Waals surface area contributed by atoms with Gasteiger partial charge in [0.15, 0.2) is 0 Å². The molecular weight excluding hydrogens is 631 g/mol. The van der Waals surface area contributed by atoms with Gasteiger partial charge < -0.3 is 20.6 Å². The Balaban J connectivity index is 3.72. The molecular formula is C46H87NO4. The van der Waals surface area contributed by atoms with Crippen LogP contribution in [-0.4, -0.2) is 46.1 Å². The molecule has 0 aliphatic carbocycles. The van der Waals surface area contributed by atoms with Crippen molar-refractivity contribution in [3.8, 4) is 0 Å². The second-order valence-corrected chi connectivity index (χ2v) is 15.3. The van der Waals surface area contributed by atoms with Crippen LogP contribution in [0.5, 0.6) is 0 Å². The predicted octanol–water partition coefficient (Wildman–Crippen LogP) is 12.8. The van der Waals surface area contributed by atoms with E-state index in [4.69, 9.17) is 0 Å². The molecule has 0 aliphatic heterocycles. The van der Waals surface area contributed by atoms with Crippen molar-refractivity contribution in [3.05, 3.63) is 36.5 Å². The number of hydrogen-bond acceptors (Lipinski definition) is 4. The van der Waals surface area contributed by atoms with Crippen LogP contribution in [0, 0.1) is 0 Å². The highest BCUT2D eigenvalue weighted by atomic mass is 16.3. The van der Waals surface area contributed by atoms with Crippen LogP contribution >= 0.6 is 0 Å². The van der Waals surface area contributed by atoms with Crippen LogP contribution in [0.1, 0.15) is 226 Å². The van der Waals surface area contributed by atoms with Crippen molar-refractivity contribution < 1.29 is 20.1 Å². The lowest BCUT2D eigenvalue weighted by molar-refractivity contribution is -0.124. The number of carbonyl (C=O) groups excluding carboxylic acids is 1. The van der Waals surface area contributed by atoms with E-state index in [0.29, 0.717) is 6.42 Å². The maximum absolute atomic E-state index is 12.4. The van der Waals surface area contributed by atoms with Crippen molar-refractivity contribution in [3.63, 3.8) is 0 Å². The van der Waals surface area contributed by atoms with Crippen LogP contribution in [0.15, 0.2) is 36.5 Å². The normalized spacial score (nSPS) is 13.9. The number of aliphatic hydroxyl groups is 3. The standard InChI is InChI=1S/C46H87NO4/c1-3-5-7-9-11-13-15-17-19-21-22-24-26-28-30-32-34-36-38-40-45(50)44(42-48)47-46(51)41-43(49)39-37-35-33-31-29-27-25-23-20-18-16-14-12-10-8-6-4-2/h23,25,30,32,38,40,43-45,48-50H,3-22,24,26-29,31,33-37,39,41-42H2,1-2H3,(H,47,51)/b25-23-,32-30+,40-38+. The summed E-state index contributed by atoms with van der Waals surface area (Å²) in [5, 5.41) is 33.2. The minimum Gasteiger partial charge on any atom is -0.394 e. The summed E-state index contributed by atoms with van der Waals surface area (Å²) in [6.45, 7) is 4.20. The molecule has 0 rings (SSSR count). The van der Waals surface area contributed by atoms with Gasteiger partial charge in [-0.3, -0.25) is 4.79 Å². The molecule has 0 heterocycles. The number of nitrogens with one attached hydrogen (secondary N) is 1. The van der Waals surface area contributed by atoms with Crippen LogP contribution < -0.4 is 5.32 Å². The monoisotopic (exact) mass is 718 g/mol. The molecule has 4 N–H and O–H groups in total. The maximum atomic E-state index is 12.4. The molecule has 3 atom stereocenters. The van der Waals surface area contributed by atoms with E-state index in [1.807, 2.05) is 6.08 Å². The van der Waals surface area contributed by atoms with Crippen molar-refractivity contribution in [2.75, 3.05) is 6.61 Å². The van der Waals surface area contributed by atoms with Gasteiger partial charge in [-0.05, 0) is 57.8 Å². The quantitative estimate of drug-likeness (QED) is 0.0375. The number of unbranched alkanes of at least 4 members (excludes halogenated alkanes) is 27. The van der Waals surface area contributed by atoms with Crippen molar-refractivity contribution in [2.45, 2.75) is 244 Å². The Bertz CT molecular complexity index is 794. The van der Waals surface area contributed by atoms with E-state index in [1.54, 1.807) is 6.08 Å². The van der Waals surface area contributed by atoms with Gasteiger partial charge in [0.1, 0.15) is 0 Å². The topological polar surface area (TPSA) is 89.8 Å². The van der Waals surface area contributed by atoms with Gasteiger partial charge in [-0.15, -0.1) is 0 Å². The lowest BCUT2D eigenvalue weighted by atomic mass is 10.0. The molecule has 5 heteroatoms. The summed E-state index contributed by atoms with van der Waals surface area (Å²) in [5.41, 5.74) is 0. The molecule has 0 spiro atoms. The zero-order valence-electron chi connectivity index (χ0n) is 34.0. The summed E-state index contributed by atoms with van der Waals surface area (Å²) < 4.78 is 0. The zero-order chi connectivity index (χ0) is 37.3. The third-order valence-corrected chi connectivity index (χ3v) is 10.1. The van der Waals surface area contributed by atoms with Gasteiger partial charge in [-0.2, -0.15) is 0 Å². The third-order valence-electron chi connectivity index (χ3n) is 10.1. The van der Waals surface area contributed by atoms with Gasteiger partial charge in [-0.25, -0.2) is 0 Å². The van der Waals surface area contributed by atoms with Gasteiger partial charge in [0, 0.05) is 0 Å². The van der Waals surface area contributed by atoms with E-state index in [1.165, 1.54) is 154 Å². The Morgan fingerprint density at radius 2 is 0.843 bits per heavy atom. The number of aliphatic hydroxyl groups excluding tert-OH is 3.